The minimum absolute atomic E-state index is 0.166. The van der Waals surface area contributed by atoms with E-state index in [-0.39, 0.29) is 11.2 Å². The van der Waals surface area contributed by atoms with Crippen molar-refractivity contribution >= 4 is 17.7 Å². The van der Waals surface area contributed by atoms with Crippen LogP contribution in [-0.4, -0.2) is 31.4 Å². The summed E-state index contributed by atoms with van der Waals surface area (Å²) in [5.74, 6) is 0.458. The normalized spacial score (nSPS) is 12.6. The van der Waals surface area contributed by atoms with Gasteiger partial charge in [0, 0.05) is 12.4 Å². The molecule has 0 aliphatic heterocycles. The van der Waals surface area contributed by atoms with Crippen LogP contribution >= 0.6 is 11.8 Å². The molecule has 1 atom stereocenters. The van der Waals surface area contributed by atoms with Gasteiger partial charge in [-0.05, 0) is 0 Å². The largest absolute Gasteiger partial charge is 0.469 e. The van der Waals surface area contributed by atoms with Crippen LogP contribution in [0.3, 0.4) is 0 Å². The summed E-state index contributed by atoms with van der Waals surface area (Å²) < 4.78 is 9.35. The lowest BCUT2D eigenvalue weighted by Gasteiger charge is -2.07. The van der Waals surface area contributed by atoms with Crippen LogP contribution in [0.25, 0.3) is 0 Å². The van der Waals surface area contributed by atoms with Gasteiger partial charge in [-0.25, -0.2) is 0 Å². The maximum absolute atomic E-state index is 10.7. The van der Waals surface area contributed by atoms with Gasteiger partial charge in [0.25, 0.3) is 0 Å². The van der Waals surface area contributed by atoms with Gasteiger partial charge in [0.1, 0.15) is 0 Å². The van der Waals surface area contributed by atoms with Crippen molar-refractivity contribution in [1.29, 1.82) is 0 Å². The number of carbonyl (C=O) groups is 1. The lowest BCUT2D eigenvalue weighted by atomic mass is 10.3. The number of thioether (sulfide) groups is 1. The van der Waals surface area contributed by atoms with Crippen LogP contribution in [0.15, 0.2) is 0 Å². The minimum atomic E-state index is -0.166. The Hall–Kier alpha value is -0.220. The lowest BCUT2D eigenvalue weighted by Crippen LogP contribution is -2.09. The fourth-order valence-electron chi connectivity index (χ4n) is 0.561. The number of rotatable bonds is 5. The van der Waals surface area contributed by atoms with E-state index < -0.39 is 0 Å². The van der Waals surface area contributed by atoms with Gasteiger partial charge in [0.2, 0.25) is 0 Å². The van der Waals surface area contributed by atoms with Crippen molar-refractivity contribution in [2.24, 2.45) is 0 Å². The molecular formula is C7H14O3S. The first-order chi connectivity index (χ1) is 5.20. The predicted octanol–water partition coefficient (Wildman–Crippen LogP) is 1.28. The molecule has 0 aromatic rings. The van der Waals surface area contributed by atoms with Gasteiger partial charge in [-0.2, -0.15) is 0 Å². The monoisotopic (exact) mass is 178 g/mol. The molecular weight excluding hydrogens is 164 g/mol. The summed E-state index contributed by atoms with van der Waals surface area (Å²) >= 11 is 1.60. The lowest BCUT2D eigenvalue weighted by molar-refractivity contribution is -0.140. The molecule has 0 aliphatic rings. The molecule has 0 saturated carbocycles. The highest BCUT2D eigenvalue weighted by molar-refractivity contribution is 7.99. The number of carbonyl (C=O) groups excluding carboxylic acids is 1. The fraction of sp³-hybridized carbons (Fsp3) is 0.857. The van der Waals surface area contributed by atoms with Gasteiger partial charge in [-0.3, -0.25) is 4.79 Å². The van der Waals surface area contributed by atoms with E-state index in [0.29, 0.717) is 12.4 Å². The van der Waals surface area contributed by atoms with Gasteiger partial charge in [-0.1, -0.05) is 6.92 Å². The van der Waals surface area contributed by atoms with E-state index in [1.54, 1.807) is 18.9 Å². The summed E-state index contributed by atoms with van der Waals surface area (Å²) in [4.78, 5) is 10.7. The molecule has 0 rings (SSSR count). The molecule has 0 aromatic heterocycles. The molecule has 0 aliphatic carbocycles. The van der Waals surface area contributed by atoms with Crippen molar-refractivity contribution in [3.63, 3.8) is 0 Å². The average Bonchev–Trinajstić information content (AvgIpc) is 2.00. The van der Waals surface area contributed by atoms with Gasteiger partial charge >= 0.3 is 5.97 Å². The van der Waals surface area contributed by atoms with Crippen LogP contribution in [0.4, 0.5) is 0 Å². The van der Waals surface area contributed by atoms with Gasteiger partial charge in [0.15, 0.2) is 0 Å². The van der Waals surface area contributed by atoms with Crippen molar-refractivity contribution < 1.29 is 14.3 Å². The van der Waals surface area contributed by atoms with Crippen LogP contribution in [0.2, 0.25) is 0 Å². The zero-order valence-corrected chi connectivity index (χ0v) is 7.94. The molecule has 3 nitrogen and oxygen atoms in total. The third kappa shape index (κ3) is 6.19. The highest BCUT2D eigenvalue weighted by atomic mass is 32.2. The van der Waals surface area contributed by atoms with Crippen LogP contribution in [-0.2, 0) is 14.3 Å². The SMILES string of the molecule is COCSC(C)CC(=O)OC. The number of esters is 1. The summed E-state index contributed by atoms with van der Waals surface area (Å²) in [6.45, 7) is 1.97. The second kappa shape index (κ2) is 6.49. The van der Waals surface area contributed by atoms with Crippen LogP contribution in [0.5, 0.6) is 0 Å². The van der Waals surface area contributed by atoms with E-state index in [1.807, 2.05) is 6.92 Å². The topological polar surface area (TPSA) is 35.5 Å². The summed E-state index contributed by atoms with van der Waals surface area (Å²) in [5, 5.41) is 0.266. The molecule has 11 heavy (non-hydrogen) atoms. The zero-order chi connectivity index (χ0) is 8.69. The Kier molecular flexibility index (Phi) is 6.36. The fourth-order valence-corrected chi connectivity index (χ4v) is 1.18. The maximum atomic E-state index is 10.7. The molecule has 66 valence electrons. The first-order valence-electron chi connectivity index (χ1n) is 3.38. The van der Waals surface area contributed by atoms with E-state index >= 15 is 0 Å². The number of methoxy groups -OCH3 is 2. The van der Waals surface area contributed by atoms with E-state index in [0.717, 1.165) is 0 Å². The highest BCUT2D eigenvalue weighted by Gasteiger charge is 2.08. The maximum Gasteiger partial charge on any atom is 0.306 e. The molecule has 0 bridgehead atoms. The van der Waals surface area contributed by atoms with E-state index in [4.69, 9.17) is 4.74 Å². The predicted molar refractivity (Wildman–Crippen MR) is 45.6 cm³/mol. The van der Waals surface area contributed by atoms with E-state index in [2.05, 4.69) is 4.74 Å². The Morgan fingerprint density at radius 3 is 2.64 bits per heavy atom. The van der Waals surface area contributed by atoms with E-state index in [1.165, 1.54) is 7.11 Å². The quantitative estimate of drug-likeness (QED) is 0.469. The Morgan fingerprint density at radius 1 is 1.55 bits per heavy atom. The molecule has 0 radical (unpaired) electrons. The zero-order valence-electron chi connectivity index (χ0n) is 7.12. The van der Waals surface area contributed by atoms with Crippen LogP contribution in [0, 0.1) is 0 Å². The van der Waals surface area contributed by atoms with Gasteiger partial charge in [0.05, 0.1) is 19.5 Å². The van der Waals surface area contributed by atoms with Crippen molar-refractivity contribution in [2.45, 2.75) is 18.6 Å². The summed E-state index contributed by atoms with van der Waals surface area (Å²) in [6, 6.07) is 0. The molecule has 0 spiro atoms. The second-order valence-corrected chi connectivity index (χ2v) is 3.54. The first-order valence-corrected chi connectivity index (χ1v) is 4.43. The molecule has 0 aromatic carbocycles. The van der Waals surface area contributed by atoms with Crippen LogP contribution in [0.1, 0.15) is 13.3 Å². The Bertz CT molecular complexity index is 116. The summed E-state index contributed by atoms with van der Waals surface area (Å²) in [5.41, 5.74) is 0. The van der Waals surface area contributed by atoms with Gasteiger partial charge < -0.3 is 9.47 Å². The van der Waals surface area contributed by atoms with Crippen molar-refractivity contribution in [1.82, 2.24) is 0 Å². The highest BCUT2D eigenvalue weighted by Crippen LogP contribution is 2.13. The second-order valence-electron chi connectivity index (χ2n) is 2.16. The van der Waals surface area contributed by atoms with E-state index in [9.17, 15) is 4.79 Å². The number of ether oxygens (including phenoxy) is 2. The smallest absolute Gasteiger partial charge is 0.306 e. The van der Waals surface area contributed by atoms with Crippen LogP contribution < -0.4 is 0 Å². The Balaban J connectivity index is 3.35. The molecule has 1 unspecified atom stereocenters. The van der Waals surface area contributed by atoms with Crippen molar-refractivity contribution in [2.75, 3.05) is 20.2 Å². The third-order valence-electron chi connectivity index (χ3n) is 1.15. The average molecular weight is 178 g/mol. The molecule has 0 heterocycles. The minimum Gasteiger partial charge on any atom is -0.469 e. The standard InChI is InChI=1S/C7H14O3S/c1-6(11-5-9-2)4-7(8)10-3/h6H,4-5H2,1-3H3. The Labute approximate surface area is 71.4 Å². The molecule has 0 N–H and O–H groups in total. The van der Waals surface area contributed by atoms with Crippen molar-refractivity contribution in [3.8, 4) is 0 Å². The summed E-state index contributed by atoms with van der Waals surface area (Å²) in [6.07, 6.45) is 0.449. The number of hydrogen-bond donors (Lipinski definition) is 0. The summed E-state index contributed by atoms with van der Waals surface area (Å²) in [7, 11) is 3.04. The third-order valence-corrected chi connectivity index (χ3v) is 2.26. The Morgan fingerprint density at radius 2 is 2.18 bits per heavy atom. The number of hydrogen-bond acceptors (Lipinski definition) is 4. The molecule has 4 heteroatoms. The van der Waals surface area contributed by atoms with Gasteiger partial charge in [-0.15, -0.1) is 11.8 Å². The first kappa shape index (κ1) is 10.8. The molecule has 0 amide bonds. The van der Waals surface area contributed by atoms with Crippen molar-refractivity contribution in [3.05, 3.63) is 0 Å². The molecule has 0 fully saturated rings. The molecule has 0 saturated heterocycles.